The van der Waals surface area contributed by atoms with Gasteiger partial charge in [0.25, 0.3) is 5.69 Å². The highest BCUT2D eigenvalue weighted by molar-refractivity contribution is 7.12. The van der Waals surface area contributed by atoms with Gasteiger partial charge in [0.15, 0.2) is 0 Å². The molecule has 0 atom stereocenters. The SMILES string of the molecule is O=N/N=c1/sc(-c2ccc(Cl)cc2)nn1-c1ccc([N+](=O)[O-])cc1. The lowest BCUT2D eigenvalue weighted by Gasteiger charge is -2.00. The molecule has 0 saturated heterocycles. The summed E-state index contributed by atoms with van der Waals surface area (Å²) in [4.78, 5) is 21.0. The van der Waals surface area contributed by atoms with Gasteiger partial charge in [-0.3, -0.25) is 10.1 Å². The van der Waals surface area contributed by atoms with Crippen LogP contribution in [0.4, 0.5) is 5.69 Å². The van der Waals surface area contributed by atoms with E-state index in [1.165, 1.54) is 28.9 Å². The summed E-state index contributed by atoms with van der Waals surface area (Å²) in [6.45, 7) is 0. The Morgan fingerprint density at radius 1 is 1.12 bits per heavy atom. The Morgan fingerprint density at radius 2 is 1.79 bits per heavy atom. The number of nitro groups is 1. The van der Waals surface area contributed by atoms with E-state index in [0.29, 0.717) is 15.7 Å². The van der Waals surface area contributed by atoms with Crippen molar-refractivity contribution in [1.29, 1.82) is 0 Å². The maximum atomic E-state index is 10.7. The first kappa shape index (κ1) is 16.0. The predicted molar refractivity (Wildman–Crippen MR) is 89.9 cm³/mol. The zero-order chi connectivity index (χ0) is 17.1. The molecule has 0 bridgehead atoms. The van der Waals surface area contributed by atoms with E-state index in [2.05, 4.69) is 15.5 Å². The van der Waals surface area contributed by atoms with Crippen LogP contribution in [-0.2, 0) is 0 Å². The van der Waals surface area contributed by atoms with Crippen molar-refractivity contribution in [3.8, 4) is 16.3 Å². The predicted octanol–water partition coefficient (Wildman–Crippen LogP) is 3.74. The van der Waals surface area contributed by atoms with Crippen LogP contribution in [-0.4, -0.2) is 14.7 Å². The molecule has 2 aromatic carbocycles. The molecular weight excluding hydrogens is 354 g/mol. The van der Waals surface area contributed by atoms with E-state index in [0.717, 1.165) is 16.9 Å². The van der Waals surface area contributed by atoms with Crippen LogP contribution in [0.3, 0.4) is 0 Å². The third-order valence-electron chi connectivity index (χ3n) is 3.08. The molecule has 3 aromatic rings. The van der Waals surface area contributed by atoms with Gasteiger partial charge >= 0.3 is 0 Å². The van der Waals surface area contributed by atoms with Gasteiger partial charge in [-0.25, -0.2) is 4.68 Å². The summed E-state index contributed by atoms with van der Waals surface area (Å²) >= 11 is 7.03. The second-order valence-corrected chi connectivity index (χ2v) is 5.96. The van der Waals surface area contributed by atoms with Gasteiger partial charge in [-0.15, -0.1) is 4.91 Å². The van der Waals surface area contributed by atoms with Gasteiger partial charge in [-0.05, 0) is 24.3 Å². The summed E-state index contributed by atoms with van der Waals surface area (Å²) in [5.41, 5.74) is 1.28. The summed E-state index contributed by atoms with van der Waals surface area (Å²) in [6.07, 6.45) is 0. The number of benzene rings is 2. The van der Waals surface area contributed by atoms with Crippen LogP contribution >= 0.6 is 22.9 Å². The van der Waals surface area contributed by atoms with E-state index >= 15 is 0 Å². The summed E-state index contributed by atoms with van der Waals surface area (Å²) in [5.74, 6) is 0. The molecule has 8 nitrogen and oxygen atoms in total. The van der Waals surface area contributed by atoms with E-state index in [1.54, 1.807) is 24.3 Å². The molecule has 0 radical (unpaired) electrons. The Balaban J connectivity index is 2.10. The number of rotatable bonds is 4. The lowest BCUT2D eigenvalue weighted by Crippen LogP contribution is -2.13. The molecule has 1 heterocycles. The zero-order valence-corrected chi connectivity index (χ0v) is 13.4. The molecule has 0 unspecified atom stereocenters. The summed E-state index contributed by atoms with van der Waals surface area (Å²) in [6, 6.07) is 12.8. The van der Waals surface area contributed by atoms with Crippen LogP contribution in [0, 0.1) is 15.0 Å². The van der Waals surface area contributed by atoms with Crippen molar-refractivity contribution in [3.05, 3.63) is 73.4 Å². The van der Waals surface area contributed by atoms with Crippen LogP contribution in [0.25, 0.3) is 16.3 Å². The number of non-ortho nitro benzene ring substituents is 1. The third-order valence-corrected chi connectivity index (χ3v) is 4.28. The van der Waals surface area contributed by atoms with Gasteiger partial charge in [0.1, 0.15) is 5.01 Å². The van der Waals surface area contributed by atoms with Crippen LogP contribution in [0.15, 0.2) is 58.9 Å². The van der Waals surface area contributed by atoms with Gasteiger partial charge in [0, 0.05) is 22.7 Å². The smallest absolute Gasteiger partial charge is 0.258 e. The molecule has 0 amide bonds. The number of nitro benzene ring substituents is 1. The van der Waals surface area contributed by atoms with Gasteiger partial charge in [0.2, 0.25) is 4.80 Å². The van der Waals surface area contributed by atoms with Crippen molar-refractivity contribution in [3.63, 3.8) is 0 Å². The molecule has 0 aliphatic carbocycles. The minimum atomic E-state index is -0.493. The highest BCUT2D eigenvalue weighted by Gasteiger charge is 2.11. The Labute approximate surface area is 143 Å². The fraction of sp³-hybridized carbons (Fsp3) is 0. The molecule has 0 spiro atoms. The largest absolute Gasteiger partial charge is 0.269 e. The molecular formula is C14H8ClN5O3S. The molecule has 0 aliphatic heterocycles. The van der Waals surface area contributed by atoms with Crippen molar-refractivity contribution in [2.24, 2.45) is 10.4 Å². The maximum Gasteiger partial charge on any atom is 0.269 e. The molecule has 0 saturated carbocycles. The fourth-order valence-corrected chi connectivity index (χ4v) is 2.96. The van der Waals surface area contributed by atoms with Crippen molar-refractivity contribution in [2.75, 3.05) is 0 Å². The summed E-state index contributed by atoms with van der Waals surface area (Å²) < 4.78 is 1.40. The molecule has 0 aliphatic rings. The molecule has 0 fully saturated rings. The van der Waals surface area contributed by atoms with Crippen LogP contribution in [0.2, 0.25) is 5.02 Å². The molecule has 10 heteroatoms. The maximum absolute atomic E-state index is 10.7. The van der Waals surface area contributed by atoms with Gasteiger partial charge in [-0.1, -0.05) is 40.2 Å². The Morgan fingerprint density at radius 3 is 2.38 bits per heavy atom. The van der Waals surface area contributed by atoms with E-state index in [-0.39, 0.29) is 10.5 Å². The number of hydrogen-bond acceptors (Lipinski definition) is 6. The Hall–Kier alpha value is -2.91. The average Bonchev–Trinajstić information content (AvgIpc) is 3.00. The van der Waals surface area contributed by atoms with Gasteiger partial charge in [-0.2, -0.15) is 5.10 Å². The number of aromatic nitrogens is 2. The number of hydrogen-bond donors (Lipinski definition) is 0. The lowest BCUT2D eigenvalue weighted by atomic mass is 10.2. The number of nitroso groups, excluding NO2 is 1. The van der Waals surface area contributed by atoms with Crippen molar-refractivity contribution < 1.29 is 4.92 Å². The topological polar surface area (TPSA) is 103 Å². The molecule has 24 heavy (non-hydrogen) atoms. The third kappa shape index (κ3) is 3.21. The van der Waals surface area contributed by atoms with E-state index in [4.69, 9.17) is 11.6 Å². The van der Waals surface area contributed by atoms with E-state index in [1.807, 2.05) is 0 Å². The standard InChI is InChI=1S/C14H8ClN5O3S/c15-10-3-1-9(2-4-10)13-17-19(14(24-13)16-18-21)11-5-7-12(8-6-11)20(22)23/h1-8H/b16-14+. The van der Waals surface area contributed by atoms with E-state index < -0.39 is 4.92 Å². The molecule has 1 aromatic heterocycles. The van der Waals surface area contributed by atoms with Gasteiger partial charge in [0.05, 0.1) is 15.9 Å². The number of halogens is 1. The Bertz CT molecular complexity index is 963. The highest BCUT2D eigenvalue weighted by Crippen LogP contribution is 2.23. The first-order valence-electron chi connectivity index (χ1n) is 6.56. The first-order chi connectivity index (χ1) is 11.6. The van der Waals surface area contributed by atoms with Crippen LogP contribution in [0.5, 0.6) is 0 Å². The normalized spacial score (nSPS) is 11.5. The molecule has 3 rings (SSSR count). The Kier molecular flexibility index (Phi) is 4.45. The van der Waals surface area contributed by atoms with Crippen LogP contribution in [0.1, 0.15) is 0 Å². The number of nitrogens with zero attached hydrogens (tertiary/aromatic N) is 5. The fourth-order valence-electron chi connectivity index (χ4n) is 1.97. The summed E-state index contributed by atoms with van der Waals surface area (Å²) in [5, 5.41) is 22.4. The molecule has 120 valence electrons. The van der Waals surface area contributed by atoms with Crippen molar-refractivity contribution in [2.45, 2.75) is 0 Å². The zero-order valence-electron chi connectivity index (χ0n) is 11.9. The minimum Gasteiger partial charge on any atom is -0.258 e. The second-order valence-electron chi connectivity index (χ2n) is 4.56. The van der Waals surface area contributed by atoms with E-state index in [9.17, 15) is 15.0 Å². The quantitative estimate of drug-likeness (QED) is 0.401. The molecule has 0 N–H and O–H groups in total. The van der Waals surface area contributed by atoms with Crippen LogP contribution < -0.4 is 4.80 Å². The first-order valence-corrected chi connectivity index (χ1v) is 7.75. The summed E-state index contributed by atoms with van der Waals surface area (Å²) in [7, 11) is 0. The van der Waals surface area contributed by atoms with Gasteiger partial charge < -0.3 is 0 Å². The van der Waals surface area contributed by atoms with Crippen molar-refractivity contribution >= 4 is 28.6 Å². The minimum absolute atomic E-state index is 0.0421. The lowest BCUT2D eigenvalue weighted by molar-refractivity contribution is -0.384. The monoisotopic (exact) mass is 361 g/mol. The highest BCUT2D eigenvalue weighted by atomic mass is 35.5. The average molecular weight is 362 g/mol. The van der Waals surface area contributed by atoms with Crippen molar-refractivity contribution in [1.82, 2.24) is 9.78 Å². The second kappa shape index (κ2) is 6.69.